The summed E-state index contributed by atoms with van der Waals surface area (Å²) >= 11 is 4.91. The summed E-state index contributed by atoms with van der Waals surface area (Å²) in [5, 5.41) is 0. The van der Waals surface area contributed by atoms with E-state index in [1.165, 1.54) is 0 Å². The smallest absolute Gasteiger partial charge is 0.251 e. The molecule has 0 saturated carbocycles. The molecule has 0 aromatic heterocycles. The molecule has 0 N–H and O–H groups in total. The molecular formula is C4H10ClFNOP. The fourth-order valence-corrected chi connectivity index (χ4v) is 1.85. The first-order chi connectivity index (χ1) is 4.02. The summed E-state index contributed by atoms with van der Waals surface area (Å²) in [6.07, 6.45) is 0. The maximum atomic E-state index is 12.3. The predicted molar refractivity (Wildman–Crippen MR) is 37.5 cm³/mol. The summed E-state index contributed by atoms with van der Waals surface area (Å²) in [5.41, 5.74) is 0. The highest BCUT2D eigenvalue weighted by Gasteiger charge is 2.23. The van der Waals surface area contributed by atoms with Crippen molar-refractivity contribution in [3.8, 4) is 0 Å². The Morgan fingerprint density at radius 3 is 1.89 bits per heavy atom. The number of hydrogen-bond acceptors (Lipinski definition) is 1. The average molecular weight is 174 g/mol. The molecule has 0 fully saturated rings. The number of nitrogens with zero attached hydrogens (tertiary/aromatic N) is 1. The van der Waals surface area contributed by atoms with Crippen molar-refractivity contribution in [2.24, 2.45) is 0 Å². The quantitative estimate of drug-likeness (QED) is 0.612. The van der Waals surface area contributed by atoms with Crippen LogP contribution in [0.1, 0.15) is 13.8 Å². The molecule has 1 atom stereocenters. The summed E-state index contributed by atoms with van der Waals surface area (Å²) in [5.74, 6) is 0. The lowest BCUT2D eigenvalue weighted by Crippen LogP contribution is -2.14. The van der Waals surface area contributed by atoms with Gasteiger partial charge in [0.2, 0.25) is 0 Å². The summed E-state index contributed by atoms with van der Waals surface area (Å²) in [4.78, 5) is 0. The van der Waals surface area contributed by atoms with Crippen molar-refractivity contribution in [1.29, 1.82) is 0 Å². The molecule has 0 rings (SSSR count). The van der Waals surface area contributed by atoms with Gasteiger partial charge in [-0.1, -0.05) is 13.8 Å². The Morgan fingerprint density at radius 1 is 1.56 bits per heavy atom. The summed E-state index contributed by atoms with van der Waals surface area (Å²) in [6, 6.07) is 0. The maximum absolute atomic E-state index is 12.3. The van der Waals surface area contributed by atoms with Crippen LogP contribution in [-0.4, -0.2) is 17.8 Å². The van der Waals surface area contributed by atoms with E-state index in [-0.39, 0.29) is 0 Å². The molecule has 0 aliphatic rings. The molecule has 9 heavy (non-hydrogen) atoms. The maximum Gasteiger partial charge on any atom is 0.399 e. The first-order valence-corrected chi connectivity index (χ1v) is 5.22. The summed E-state index contributed by atoms with van der Waals surface area (Å²) in [6.45, 7) is 0.208. The van der Waals surface area contributed by atoms with Gasteiger partial charge in [0.1, 0.15) is 0 Å². The van der Waals surface area contributed by atoms with Crippen LogP contribution in [-0.2, 0) is 4.57 Å². The molecule has 0 aromatic rings. The molecule has 0 aromatic carbocycles. The van der Waals surface area contributed by atoms with Crippen molar-refractivity contribution in [3.63, 3.8) is 0 Å². The second kappa shape index (κ2) is 3.55. The second-order valence-electron chi connectivity index (χ2n) is 1.57. The van der Waals surface area contributed by atoms with Crippen molar-refractivity contribution in [2.75, 3.05) is 13.1 Å². The zero-order valence-electron chi connectivity index (χ0n) is 5.47. The van der Waals surface area contributed by atoms with Gasteiger partial charge in [-0.15, -0.1) is 0 Å². The molecule has 0 amide bonds. The number of halogens is 2. The molecular weight excluding hydrogens is 163 g/mol. The van der Waals surface area contributed by atoms with Gasteiger partial charge < -0.3 is 0 Å². The number of hydrogen-bond donors (Lipinski definition) is 0. The van der Waals surface area contributed by atoms with Gasteiger partial charge >= 0.3 is 6.96 Å². The van der Waals surface area contributed by atoms with Gasteiger partial charge in [-0.25, -0.2) is 4.67 Å². The SMILES string of the molecule is CCN(CC)P(=O)(F)Cl. The van der Waals surface area contributed by atoms with E-state index < -0.39 is 6.96 Å². The fourth-order valence-electron chi connectivity index (χ4n) is 0.553. The van der Waals surface area contributed by atoms with Crippen LogP contribution >= 0.6 is 18.2 Å². The van der Waals surface area contributed by atoms with Crippen LogP contribution in [0.5, 0.6) is 0 Å². The van der Waals surface area contributed by atoms with E-state index in [0.717, 1.165) is 4.67 Å². The molecule has 0 spiro atoms. The van der Waals surface area contributed by atoms with Crippen LogP contribution in [0.4, 0.5) is 4.20 Å². The zero-order valence-corrected chi connectivity index (χ0v) is 7.12. The van der Waals surface area contributed by atoms with Crippen molar-refractivity contribution < 1.29 is 8.76 Å². The van der Waals surface area contributed by atoms with Gasteiger partial charge in [0.05, 0.1) is 0 Å². The van der Waals surface area contributed by atoms with Crippen LogP contribution in [0.15, 0.2) is 0 Å². The Labute approximate surface area is 59.3 Å². The van der Waals surface area contributed by atoms with E-state index in [4.69, 9.17) is 11.2 Å². The van der Waals surface area contributed by atoms with E-state index in [1.807, 2.05) is 0 Å². The first kappa shape index (κ1) is 9.41. The third kappa shape index (κ3) is 3.19. The lowest BCUT2D eigenvalue weighted by atomic mass is 10.7. The molecule has 0 saturated heterocycles. The molecule has 2 nitrogen and oxygen atoms in total. The first-order valence-electron chi connectivity index (χ1n) is 2.77. The third-order valence-corrected chi connectivity index (χ3v) is 2.93. The summed E-state index contributed by atoms with van der Waals surface area (Å²) in [7, 11) is 0. The van der Waals surface area contributed by atoms with Gasteiger partial charge in [-0.2, -0.15) is 4.20 Å². The lowest BCUT2D eigenvalue weighted by molar-refractivity contribution is 0.423. The molecule has 0 bridgehead atoms. The topological polar surface area (TPSA) is 20.3 Å². The van der Waals surface area contributed by atoms with Gasteiger partial charge in [0, 0.05) is 13.1 Å². The van der Waals surface area contributed by atoms with E-state index in [9.17, 15) is 8.76 Å². The minimum absolute atomic E-state index is 0.383. The highest BCUT2D eigenvalue weighted by molar-refractivity contribution is 7.83. The van der Waals surface area contributed by atoms with Crippen LogP contribution < -0.4 is 0 Å². The Hall–Kier alpha value is 0.410. The molecule has 1 unspecified atom stereocenters. The van der Waals surface area contributed by atoms with E-state index in [0.29, 0.717) is 13.1 Å². The Morgan fingerprint density at radius 2 is 1.89 bits per heavy atom. The van der Waals surface area contributed by atoms with Crippen LogP contribution in [0.2, 0.25) is 0 Å². The zero-order chi connectivity index (χ0) is 7.49. The molecule has 5 heteroatoms. The fraction of sp³-hybridized carbons (Fsp3) is 1.00. The minimum atomic E-state index is -3.97. The van der Waals surface area contributed by atoms with Crippen LogP contribution in [0.3, 0.4) is 0 Å². The second-order valence-corrected chi connectivity index (χ2v) is 4.26. The molecule has 0 aliphatic heterocycles. The monoisotopic (exact) mass is 173 g/mol. The van der Waals surface area contributed by atoms with E-state index >= 15 is 0 Å². The standard InChI is InChI=1S/C4H10ClFNOP/c1-3-7(4-2)9(5,6)8/h3-4H2,1-2H3. The van der Waals surface area contributed by atoms with Gasteiger partial charge in [0.25, 0.3) is 0 Å². The van der Waals surface area contributed by atoms with Crippen molar-refractivity contribution in [1.82, 2.24) is 4.67 Å². The van der Waals surface area contributed by atoms with Gasteiger partial charge in [-0.05, 0) is 11.2 Å². The van der Waals surface area contributed by atoms with Gasteiger partial charge in [0.15, 0.2) is 0 Å². The molecule has 0 heterocycles. The predicted octanol–water partition coefficient (Wildman–Crippen LogP) is 2.64. The molecule has 0 aliphatic carbocycles. The van der Waals surface area contributed by atoms with E-state index in [2.05, 4.69) is 0 Å². The average Bonchev–Trinajstić information content (AvgIpc) is 1.65. The van der Waals surface area contributed by atoms with Crippen molar-refractivity contribution in [2.45, 2.75) is 13.8 Å². The van der Waals surface area contributed by atoms with Crippen molar-refractivity contribution >= 4 is 18.2 Å². The lowest BCUT2D eigenvalue weighted by Gasteiger charge is -2.15. The molecule has 56 valence electrons. The Kier molecular flexibility index (Phi) is 3.71. The number of rotatable bonds is 3. The Bertz CT molecular complexity index is 122. The van der Waals surface area contributed by atoms with Gasteiger partial charge in [-0.3, -0.25) is 4.57 Å². The highest BCUT2D eigenvalue weighted by atomic mass is 35.7. The minimum Gasteiger partial charge on any atom is -0.251 e. The van der Waals surface area contributed by atoms with Crippen LogP contribution in [0, 0.1) is 0 Å². The normalized spacial score (nSPS) is 17.9. The van der Waals surface area contributed by atoms with Crippen LogP contribution in [0.25, 0.3) is 0 Å². The largest absolute Gasteiger partial charge is 0.399 e. The Balaban J connectivity index is 3.96. The van der Waals surface area contributed by atoms with E-state index in [1.54, 1.807) is 13.8 Å². The van der Waals surface area contributed by atoms with Crippen molar-refractivity contribution in [3.05, 3.63) is 0 Å². The highest BCUT2D eigenvalue weighted by Crippen LogP contribution is 2.55. The molecule has 0 radical (unpaired) electrons. The third-order valence-electron chi connectivity index (χ3n) is 1.06. The summed E-state index contributed by atoms with van der Waals surface area (Å²) < 4.78 is 23.8.